The molecule has 1 aromatic carbocycles. The molecule has 21 heavy (non-hydrogen) atoms. The molecule has 0 spiro atoms. The number of benzene rings is 1. The van der Waals surface area contributed by atoms with E-state index in [0.717, 1.165) is 4.90 Å². The van der Waals surface area contributed by atoms with Crippen LogP contribution >= 0.6 is 11.8 Å². The van der Waals surface area contributed by atoms with Crippen molar-refractivity contribution in [2.75, 3.05) is 12.3 Å². The van der Waals surface area contributed by atoms with Gasteiger partial charge in [0.2, 0.25) is 0 Å². The third-order valence-electron chi connectivity index (χ3n) is 3.36. The number of halogens is 3. The standard InChI is InChI=1S/C13H13F3N2O2S/c1-12(9-5-3-2-4-6-9)10(19)17-11(20)18(12)7-8-21-13(14,15)16/h2-6H,7-8H2,1H3,(H,17,19,20). The fourth-order valence-corrected chi connectivity index (χ4v) is 2.74. The summed E-state index contributed by atoms with van der Waals surface area (Å²) in [6, 6.07) is 7.84. The number of carbonyl (C=O) groups is 2. The second-order valence-electron chi connectivity index (χ2n) is 4.64. The van der Waals surface area contributed by atoms with Crippen LogP contribution in [0.1, 0.15) is 12.5 Å². The molecule has 3 amide bonds. The number of alkyl halides is 3. The summed E-state index contributed by atoms with van der Waals surface area (Å²) in [7, 11) is 0. The molecule has 0 bridgehead atoms. The Balaban J connectivity index is 2.21. The Bertz CT molecular complexity index is 550. The van der Waals surface area contributed by atoms with Crippen LogP contribution in [0.25, 0.3) is 0 Å². The summed E-state index contributed by atoms with van der Waals surface area (Å²) in [5.41, 5.74) is -5.08. The van der Waals surface area contributed by atoms with Gasteiger partial charge in [0, 0.05) is 12.3 Å². The second kappa shape index (κ2) is 5.59. The van der Waals surface area contributed by atoms with Crippen LogP contribution in [0.4, 0.5) is 18.0 Å². The summed E-state index contributed by atoms with van der Waals surface area (Å²) >= 11 is -0.213. The lowest BCUT2D eigenvalue weighted by Crippen LogP contribution is -2.45. The molecule has 1 aliphatic heterocycles. The molecule has 1 unspecified atom stereocenters. The lowest BCUT2D eigenvalue weighted by Gasteiger charge is -2.32. The minimum absolute atomic E-state index is 0.173. The molecule has 1 fully saturated rings. The van der Waals surface area contributed by atoms with Crippen molar-refractivity contribution in [1.82, 2.24) is 10.2 Å². The average Bonchev–Trinajstić information content (AvgIpc) is 2.63. The van der Waals surface area contributed by atoms with Crippen LogP contribution in [0.15, 0.2) is 30.3 Å². The monoisotopic (exact) mass is 318 g/mol. The van der Waals surface area contributed by atoms with Crippen LogP contribution in [0, 0.1) is 0 Å². The van der Waals surface area contributed by atoms with E-state index in [-0.39, 0.29) is 24.1 Å². The van der Waals surface area contributed by atoms with Crippen molar-refractivity contribution in [3.05, 3.63) is 35.9 Å². The van der Waals surface area contributed by atoms with Gasteiger partial charge >= 0.3 is 11.5 Å². The van der Waals surface area contributed by atoms with Crippen molar-refractivity contribution in [2.45, 2.75) is 18.0 Å². The first-order valence-electron chi connectivity index (χ1n) is 6.14. The third kappa shape index (κ3) is 3.15. The van der Waals surface area contributed by atoms with Gasteiger partial charge in [-0.2, -0.15) is 13.2 Å². The number of imide groups is 1. The van der Waals surface area contributed by atoms with Crippen molar-refractivity contribution < 1.29 is 22.8 Å². The predicted molar refractivity (Wildman–Crippen MR) is 72.6 cm³/mol. The van der Waals surface area contributed by atoms with E-state index in [1.165, 1.54) is 6.92 Å². The lowest BCUT2D eigenvalue weighted by molar-refractivity contribution is -0.126. The number of carbonyl (C=O) groups excluding carboxylic acids is 2. The van der Waals surface area contributed by atoms with Gasteiger partial charge in [0.25, 0.3) is 5.91 Å². The number of hydrogen-bond donors (Lipinski definition) is 1. The molecule has 0 aliphatic carbocycles. The van der Waals surface area contributed by atoms with Crippen LogP contribution in [0.3, 0.4) is 0 Å². The minimum atomic E-state index is -4.36. The number of urea groups is 1. The predicted octanol–water partition coefficient (Wildman–Crippen LogP) is 2.71. The molecule has 1 aromatic rings. The number of amides is 3. The first-order valence-corrected chi connectivity index (χ1v) is 7.13. The molecule has 114 valence electrons. The van der Waals surface area contributed by atoms with E-state index in [4.69, 9.17) is 0 Å². The summed E-state index contributed by atoms with van der Waals surface area (Å²) in [6.07, 6.45) is 0. The Hall–Kier alpha value is -1.70. The SMILES string of the molecule is CC1(c2ccccc2)C(=O)NC(=O)N1CCSC(F)(F)F. The zero-order chi connectivity index (χ0) is 15.7. The highest BCUT2D eigenvalue weighted by Crippen LogP contribution is 2.35. The molecule has 1 atom stereocenters. The van der Waals surface area contributed by atoms with E-state index < -0.39 is 23.0 Å². The molecule has 1 aliphatic rings. The largest absolute Gasteiger partial charge is 0.441 e. The Morgan fingerprint density at radius 3 is 2.43 bits per heavy atom. The van der Waals surface area contributed by atoms with Gasteiger partial charge in [0.15, 0.2) is 0 Å². The van der Waals surface area contributed by atoms with Gasteiger partial charge in [-0.05, 0) is 24.2 Å². The molecular formula is C13H13F3N2O2S. The van der Waals surface area contributed by atoms with E-state index in [1.54, 1.807) is 30.3 Å². The van der Waals surface area contributed by atoms with Crippen molar-refractivity contribution >= 4 is 23.7 Å². The molecule has 0 radical (unpaired) electrons. The molecule has 1 N–H and O–H groups in total. The maximum Gasteiger partial charge on any atom is 0.441 e. The molecule has 8 heteroatoms. The van der Waals surface area contributed by atoms with E-state index in [9.17, 15) is 22.8 Å². The summed E-state index contributed by atoms with van der Waals surface area (Å²) in [6.45, 7) is 1.36. The Morgan fingerprint density at radius 2 is 1.86 bits per heavy atom. The number of nitrogens with one attached hydrogen (secondary N) is 1. The second-order valence-corrected chi connectivity index (χ2v) is 5.80. The zero-order valence-corrected chi connectivity index (χ0v) is 11.9. The normalized spacial score (nSPS) is 22.6. The Kier molecular flexibility index (Phi) is 4.18. The topological polar surface area (TPSA) is 49.4 Å². The molecular weight excluding hydrogens is 305 g/mol. The maximum absolute atomic E-state index is 12.2. The Morgan fingerprint density at radius 1 is 1.24 bits per heavy atom. The first-order chi connectivity index (χ1) is 9.75. The van der Waals surface area contributed by atoms with Gasteiger partial charge in [-0.3, -0.25) is 10.1 Å². The fraction of sp³-hybridized carbons (Fsp3) is 0.385. The molecule has 4 nitrogen and oxygen atoms in total. The quantitative estimate of drug-likeness (QED) is 0.869. The van der Waals surface area contributed by atoms with Gasteiger partial charge in [-0.15, -0.1) is 0 Å². The van der Waals surface area contributed by atoms with E-state index in [0.29, 0.717) is 5.56 Å². The first kappa shape index (κ1) is 15.7. The summed E-state index contributed by atoms with van der Waals surface area (Å²) in [4.78, 5) is 25.0. The number of rotatable bonds is 4. The fourth-order valence-electron chi connectivity index (χ4n) is 2.24. The van der Waals surface area contributed by atoms with Crippen LogP contribution in [0.5, 0.6) is 0 Å². The smallest absolute Gasteiger partial charge is 0.305 e. The zero-order valence-electron chi connectivity index (χ0n) is 11.1. The highest BCUT2D eigenvalue weighted by Gasteiger charge is 2.50. The van der Waals surface area contributed by atoms with Crippen molar-refractivity contribution in [2.24, 2.45) is 0 Å². The van der Waals surface area contributed by atoms with Crippen molar-refractivity contribution in [1.29, 1.82) is 0 Å². The van der Waals surface area contributed by atoms with E-state index in [2.05, 4.69) is 5.32 Å². The Labute approximate surface area is 123 Å². The van der Waals surface area contributed by atoms with Crippen LogP contribution < -0.4 is 5.32 Å². The average molecular weight is 318 g/mol. The molecule has 0 aromatic heterocycles. The molecule has 0 saturated carbocycles. The number of nitrogens with zero attached hydrogens (tertiary/aromatic N) is 1. The van der Waals surface area contributed by atoms with Gasteiger partial charge in [-0.25, -0.2) is 4.79 Å². The van der Waals surface area contributed by atoms with Crippen LogP contribution in [-0.2, 0) is 10.3 Å². The van der Waals surface area contributed by atoms with Crippen molar-refractivity contribution in [3.8, 4) is 0 Å². The van der Waals surface area contributed by atoms with Crippen LogP contribution in [0.2, 0.25) is 0 Å². The summed E-state index contributed by atoms with van der Waals surface area (Å²) in [5.74, 6) is -0.859. The summed E-state index contributed by atoms with van der Waals surface area (Å²) in [5, 5.41) is 2.16. The third-order valence-corrected chi connectivity index (χ3v) is 4.08. The van der Waals surface area contributed by atoms with E-state index >= 15 is 0 Å². The van der Waals surface area contributed by atoms with Gasteiger partial charge in [0.05, 0.1) is 0 Å². The van der Waals surface area contributed by atoms with Crippen molar-refractivity contribution in [3.63, 3.8) is 0 Å². The molecule has 1 heterocycles. The van der Waals surface area contributed by atoms with Gasteiger partial charge < -0.3 is 4.90 Å². The number of hydrogen-bond acceptors (Lipinski definition) is 3. The van der Waals surface area contributed by atoms with Gasteiger partial charge in [-0.1, -0.05) is 30.3 Å². The van der Waals surface area contributed by atoms with Crippen LogP contribution in [-0.4, -0.2) is 34.6 Å². The van der Waals surface area contributed by atoms with E-state index in [1.807, 2.05) is 0 Å². The maximum atomic E-state index is 12.2. The minimum Gasteiger partial charge on any atom is -0.305 e. The highest BCUT2D eigenvalue weighted by molar-refractivity contribution is 8.00. The summed E-state index contributed by atoms with van der Waals surface area (Å²) < 4.78 is 36.6. The lowest BCUT2D eigenvalue weighted by atomic mass is 9.91. The molecule has 1 saturated heterocycles. The molecule has 2 rings (SSSR count). The highest BCUT2D eigenvalue weighted by atomic mass is 32.2. The number of thioether (sulfide) groups is 1. The van der Waals surface area contributed by atoms with Gasteiger partial charge in [0.1, 0.15) is 5.54 Å².